The van der Waals surface area contributed by atoms with Gasteiger partial charge in [0.05, 0.1) is 16.1 Å². The number of benzene rings is 2. The van der Waals surface area contributed by atoms with E-state index in [9.17, 15) is 9.90 Å². The molecule has 7 heteroatoms. The summed E-state index contributed by atoms with van der Waals surface area (Å²) in [5, 5.41) is 13.2. The minimum atomic E-state index is -0.274. The molecule has 3 heterocycles. The second-order valence-corrected chi connectivity index (χ2v) is 10.6. The number of hydrogen-bond acceptors (Lipinski definition) is 4. The largest absolute Gasteiger partial charge is 0.477 e. The molecule has 1 N–H and O–H groups in total. The molecule has 3 aromatic heterocycles. The molecule has 5 nitrogen and oxygen atoms in total. The molecule has 2 aromatic carbocycles. The van der Waals surface area contributed by atoms with Crippen LogP contribution in [0.15, 0.2) is 65.7 Å². The summed E-state index contributed by atoms with van der Waals surface area (Å²) in [4.78, 5) is 19.1. The molecule has 5 rings (SSSR count). The van der Waals surface area contributed by atoms with Crippen LogP contribution in [-0.4, -0.2) is 14.5 Å². The van der Waals surface area contributed by atoms with Gasteiger partial charge in [0.1, 0.15) is 6.54 Å². The highest BCUT2D eigenvalue weighted by atomic mass is 35.5. The Bertz CT molecular complexity index is 1670. The van der Waals surface area contributed by atoms with Crippen LogP contribution in [0.3, 0.4) is 0 Å². The fourth-order valence-corrected chi connectivity index (χ4v) is 5.67. The maximum atomic E-state index is 13.7. The molecule has 0 aliphatic rings. The molecule has 0 saturated heterocycles. The molecule has 0 saturated carbocycles. The van der Waals surface area contributed by atoms with E-state index >= 15 is 0 Å². The molecule has 5 aromatic rings. The molecule has 35 heavy (non-hydrogen) atoms. The third-order valence-corrected chi connectivity index (χ3v) is 7.32. The Kier molecular flexibility index (Phi) is 5.95. The van der Waals surface area contributed by atoms with Crippen LogP contribution in [0.2, 0.25) is 5.02 Å². The Labute approximate surface area is 212 Å². The first kappa shape index (κ1) is 23.3. The molecule has 0 fully saturated rings. The zero-order valence-corrected chi connectivity index (χ0v) is 21.5. The van der Waals surface area contributed by atoms with Gasteiger partial charge in [-0.05, 0) is 74.2 Å². The maximum absolute atomic E-state index is 13.7. The Balaban J connectivity index is 1.79. The van der Waals surface area contributed by atoms with Gasteiger partial charge in [0.25, 0.3) is 11.5 Å². The maximum Gasteiger partial charge on any atom is 0.354 e. The van der Waals surface area contributed by atoms with Crippen molar-refractivity contribution in [3.05, 3.63) is 103 Å². The fourth-order valence-electron chi connectivity index (χ4n) is 4.54. The van der Waals surface area contributed by atoms with Gasteiger partial charge in [-0.3, -0.25) is 0 Å². The second-order valence-electron chi connectivity index (χ2n) is 8.89. The van der Waals surface area contributed by atoms with E-state index in [1.165, 1.54) is 0 Å². The monoisotopic (exact) mass is 502 g/mol. The third-order valence-electron chi connectivity index (χ3n) is 6.11. The van der Waals surface area contributed by atoms with Crippen LogP contribution in [0.1, 0.15) is 26.6 Å². The van der Waals surface area contributed by atoms with E-state index in [-0.39, 0.29) is 17.0 Å². The highest BCUT2D eigenvalue weighted by molar-refractivity contribution is 7.11. The Hall–Kier alpha value is -3.48. The summed E-state index contributed by atoms with van der Waals surface area (Å²) in [5.41, 5.74) is 5.98. The smallest absolute Gasteiger partial charge is 0.354 e. The van der Waals surface area contributed by atoms with Gasteiger partial charge in [0, 0.05) is 22.3 Å². The molecule has 0 amide bonds. The van der Waals surface area contributed by atoms with Gasteiger partial charge in [0.15, 0.2) is 5.56 Å². The van der Waals surface area contributed by atoms with Crippen LogP contribution in [0, 0.1) is 27.7 Å². The number of hydrogen-bond donors (Lipinski definition) is 1. The van der Waals surface area contributed by atoms with E-state index in [4.69, 9.17) is 11.6 Å². The number of aromatic hydroxyl groups is 1. The topological polar surface area (TPSA) is 58.5 Å². The lowest BCUT2D eigenvalue weighted by Gasteiger charge is -2.13. The molecule has 0 aliphatic carbocycles. The lowest BCUT2D eigenvalue weighted by molar-refractivity contribution is -0.671. The highest BCUT2D eigenvalue weighted by Crippen LogP contribution is 2.34. The normalized spacial score (nSPS) is 11.3. The summed E-state index contributed by atoms with van der Waals surface area (Å²) >= 11 is 8.14. The molecule has 0 bridgehead atoms. The Morgan fingerprint density at radius 2 is 1.80 bits per heavy atom. The number of halogens is 1. The van der Waals surface area contributed by atoms with E-state index in [0.717, 1.165) is 37.7 Å². The van der Waals surface area contributed by atoms with Crippen molar-refractivity contribution >= 4 is 28.6 Å². The SMILES string of the molecule is Cc1cc(-c2ccc(C)cc2Cl)cc(-c2c(O)[n+](Cc3cnc(C)s3)c3c(C)cccn3c2=O)c1. The van der Waals surface area contributed by atoms with Gasteiger partial charge >= 0.3 is 5.56 Å². The Morgan fingerprint density at radius 1 is 1.03 bits per heavy atom. The number of rotatable bonds is 4. The van der Waals surface area contributed by atoms with E-state index in [2.05, 4.69) is 4.98 Å². The number of nitrogens with zero attached hydrogens (tertiary/aromatic N) is 3. The van der Waals surface area contributed by atoms with Crippen LogP contribution < -0.4 is 10.1 Å². The first-order valence-corrected chi connectivity index (χ1v) is 12.5. The lowest BCUT2D eigenvalue weighted by Crippen LogP contribution is -2.41. The summed E-state index contributed by atoms with van der Waals surface area (Å²) in [6.45, 7) is 8.27. The van der Waals surface area contributed by atoms with Crippen molar-refractivity contribution in [1.82, 2.24) is 9.38 Å². The van der Waals surface area contributed by atoms with Gasteiger partial charge in [-0.1, -0.05) is 35.9 Å². The summed E-state index contributed by atoms with van der Waals surface area (Å²) in [6.07, 6.45) is 3.56. The number of pyridine rings is 1. The van der Waals surface area contributed by atoms with Gasteiger partial charge in [-0.25, -0.2) is 9.78 Å². The van der Waals surface area contributed by atoms with Crippen molar-refractivity contribution in [3.8, 4) is 28.1 Å². The van der Waals surface area contributed by atoms with E-state index in [1.54, 1.807) is 26.5 Å². The van der Waals surface area contributed by atoms with Crippen molar-refractivity contribution < 1.29 is 9.67 Å². The molecule has 0 atom stereocenters. The average Bonchev–Trinajstić information content (AvgIpc) is 3.21. The minimum Gasteiger partial charge on any atom is -0.477 e. The Morgan fingerprint density at radius 3 is 2.51 bits per heavy atom. The zero-order chi connectivity index (χ0) is 24.9. The summed E-state index contributed by atoms with van der Waals surface area (Å²) in [6, 6.07) is 15.6. The quantitative estimate of drug-likeness (QED) is 0.306. The predicted molar refractivity (Wildman–Crippen MR) is 142 cm³/mol. The first-order chi connectivity index (χ1) is 16.7. The van der Waals surface area contributed by atoms with Crippen LogP contribution in [0.4, 0.5) is 0 Å². The third kappa shape index (κ3) is 4.24. The summed E-state index contributed by atoms with van der Waals surface area (Å²) < 4.78 is 3.40. The van der Waals surface area contributed by atoms with Crippen molar-refractivity contribution in [1.29, 1.82) is 0 Å². The summed E-state index contributed by atoms with van der Waals surface area (Å²) in [5.74, 6) is -0.0677. The van der Waals surface area contributed by atoms with Crippen molar-refractivity contribution in [2.24, 2.45) is 0 Å². The molecule has 0 spiro atoms. The van der Waals surface area contributed by atoms with E-state index in [1.807, 2.05) is 82.4 Å². The molecule has 0 radical (unpaired) electrons. The zero-order valence-electron chi connectivity index (χ0n) is 20.0. The van der Waals surface area contributed by atoms with Crippen LogP contribution in [-0.2, 0) is 6.54 Å². The first-order valence-electron chi connectivity index (χ1n) is 11.3. The van der Waals surface area contributed by atoms with Crippen molar-refractivity contribution in [3.63, 3.8) is 0 Å². The lowest BCUT2D eigenvalue weighted by atomic mass is 9.96. The number of thiazole rings is 1. The van der Waals surface area contributed by atoms with Gasteiger partial charge in [-0.15, -0.1) is 11.3 Å². The van der Waals surface area contributed by atoms with Crippen molar-refractivity contribution in [2.45, 2.75) is 34.2 Å². The van der Waals surface area contributed by atoms with E-state index < -0.39 is 0 Å². The van der Waals surface area contributed by atoms with Gasteiger partial charge < -0.3 is 5.11 Å². The number of fused-ring (bicyclic) bond motifs is 1. The van der Waals surface area contributed by atoms with Gasteiger partial charge in [-0.2, -0.15) is 8.97 Å². The van der Waals surface area contributed by atoms with Crippen LogP contribution in [0.5, 0.6) is 5.88 Å². The average molecular weight is 503 g/mol. The molecule has 0 aliphatic heterocycles. The van der Waals surface area contributed by atoms with Gasteiger partial charge in [0.2, 0.25) is 0 Å². The molecular weight excluding hydrogens is 478 g/mol. The van der Waals surface area contributed by atoms with Crippen LogP contribution >= 0.6 is 22.9 Å². The predicted octanol–water partition coefficient (Wildman–Crippen LogP) is 6.02. The van der Waals surface area contributed by atoms with E-state index in [0.29, 0.717) is 22.8 Å². The minimum absolute atomic E-state index is 0.0677. The molecule has 176 valence electrons. The number of aryl methyl sites for hydroxylation is 4. The standard InChI is InChI=1S/C28H24ClN3O2S/c1-16-7-8-23(24(29)12-16)20-10-17(2)11-21(13-20)25-27(33)31-9-5-6-18(3)26(31)32(28(25)34)15-22-14-30-19(4)35-22/h5-14H,15H2,1-4H3/p+1. The summed E-state index contributed by atoms with van der Waals surface area (Å²) in [7, 11) is 0. The molecule has 0 unspecified atom stereocenters. The molecular formula is C28H25ClN3O2S+. The fraction of sp³-hybridized carbons (Fsp3) is 0.179. The second kappa shape index (κ2) is 8.95. The number of aromatic nitrogens is 3. The highest BCUT2D eigenvalue weighted by Gasteiger charge is 2.27. The van der Waals surface area contributed by atoms with Crippen molar-refractivity contribution in [2.75, 3.05) is 0 Å². The van der Waals surface area contributed by atoms with Crippen LogP contribution in [0.25, 0.3) is 27.9 Å².